The summed E-state index contributed by atoms with van der Waals surface area (Å²) >= 11 is 0. The third-order valence-corrected chi connectivity index (χ3v) is 7.83. The zero-order valence-corrected chi connectivity index (χ0v) is 21.0. The zero-order chi connectivity index (χ0) is 25.3. The van der Waals surface area contributed by atoms with Crippen LogP contribution in [0.2, 0.25) is 0 Å². The molecule has 192 valence electrons. The number of hydrogen-bond acceptors (Lipinski definition) is 8. The van der Waals surface area contributed by atoms with Gasteiger partial charge in [0.05, 0.1) is 6.04 Å². The Balaban J connectivity index is 1.34. The van der Waals surface area contributed by atoms with E-state index in [0.29, 0.717) is 12.5 Å². The fourth-order valence-corrected chi connectivity index (χ4v) is 5.46. The van der Waals surface area contributed by atoms with E-state index < -0.39 is 5.91 Å². The van der Waals surface area contributed by atoms with E-state index in [2.05, 4.69) is 44.9 Å². The highest BCUT2D eigenvalue weighted by Crippen LogP contribution is 2.34. The molecular formula is C25H35N9O2. The number of nitrogens with one attached hydrogen (secondary N) is 2. The summed E-state index contributed by atoms with van der Waals surface area (Å²) in [7, 11) is 1.83. The number of amides is 3. The van der Waals surface area contributed by atoms with Crippen molar-refractivity contribution in [2.75, 3.05) is 56.5 Å². The van der Waals surface area contributed by atoms with Crippen LogP contribution in [-0.2, 0) is 5.41 Å². The van der Waals surface area contributed by atoms with Crippen LogP contribution in [0.1, 0.15) is 48.7 Å². The van der Waals surface area contributed by atoms with Crippen LogP contribution in [0.5, 0.6) is 0 Å². The molecule has 11 nitrogen and oxygen atoms in total. The van der Waals surface area contributed by atoms with Crippen molar-refractivity contribution >= 4 is 29.4 Å². The number of piperidine rings is 2. The maximum Gasteiger partial charge on any atom is 0.320 e. The fraction of sp³-hybridized carbons (Fsp3) is 0.560. The molecule has 1 aromatic heterocycles. The van der Waals surface area contributed by atoms with Crippen molar-refractivity contribution in [1.82, 2.24) is 30.3 Å². The third-order valence-electron chi connectivity index (χ3n) is 7.83. The Bertz CT molecular complexity index is 1120. The number of nitrogens with two attached hydrogens (primary N) is 1. The van der Waals surface area contributed by atoms with Crippen LogP contribution in [0.25, 0.3) is 0 Å². The molecule has 0 radical (unpaired) electrons. The number of likely N-dealkylation sites (N-methyl/N-ethyl adjacent to an activating group) is 1. The maximum atomic E-state index is 12.5. The van der Waals surface area contributed by atoms with Crippen LogP contribution < -0.4 is 21.3 Å². The SMILES string of the molecule is CN1CCN(C2CCCN(c3nnc(C(N)=O)c(Nc4ccc(C5(C)CCNCC5)cc4)n3)C2)C1=O. The van der Waals surface area contributed by atoms with E-state index in [1.54, 1.807) is 4.90 Å². The summed E-state index contributed by atoms with van der Waals surface area (Å²) in [5.41, 5.74) is 7.83. The van der Waals surface area contributed by atoms with E-state index in [9.17, 15) is 9.59 Å². The minimum atomic E-state index is -0.690. The number of hydrogen-bond donors (Lipinski definition) is 3. The van der Waals surface area contributed by atoms with Crippen molar-refractivity contribution < 1.29 is 9.59 Å². The standard InChI is InChI=1S/C25H35N9O2/c1-25(9-11-27-12-10-25)17-5-7-18(8-6-17)28-22-20(21(26)35)30-31-23(29-22)33-13-3-4-19(16-33)34-15-14-32(2)24(34)36/h5-8,19,27H,3-4,9-16H2,1-2H3,(H2,26,35)(H,28,29,31). The van der Waals surface area contributed by atoms with Crippen molar-refractivity contribution in [2.24, 2.45) is 5.73 Å². The van der Waals surface area contributed by atoms with Crippen LogP contribution in [-0.4, -0.2) is 89.3 Å². The first-order valence-corrected chi connectivity index (χ1v) is 12.7. The van der Waals surface area contributed by atoms with Crippen molar-refractivity contribution in [2.45, 2.75) is 44.1 Å². The van der Waals surface area contributed by atoms with Crippen LogP contribution in [0.4, 0.5) is 22.2 Å². The smallest absolute Gasteiger partial charge is 0.320 e. The summed E-state index contributed by atoms with van der Waals surface area (Å²) in [6.07, 6.45) is 4.05. The summed E-state index contributed by atoms with van der Waals surface area (Å²) in [6.45, 7) is 7.20. The van der Waals surface area contributed by atoms with Gasteiger partial charge in [-0.2, -0.15) is 4.98 Å². The second-order valence-electron chi connectivity index (χ2n) is 10.3. The molecule has 3 saturated heterocycles. The van der Waals surface area contributed by atoms with Crippen molar-refractivity contribution in [3.05, 3.63) is 35.5 Å². The topological polar surface area (TPSA) is 133 Å². The lowest BCUT2D eigenvalue weighted by atomic mass is 9.75. The number of primary amides is 1. The molecule has 5 rings (SSSR count). The molecule has 0 bridgehead atoms. The fourth-order valence-electron chi connectivity index (χ4n) is 5.46. The van der Waals surface area contributed by atoms with Gasteiger partial charge < -0.3 is 31.1 Å². The number of benzene rings is 1. The zero-order valence-electron chi connectivity index (χ0n) is 21.0. The molecule has 1 atom stereocenters. The van der Waals surface area contributed by atoms with E-state index in [4.69, 9.17) is 5.73 Å². The molecule has 0 saturated carbocycles. The van der Waals surface area contributed by atoms with Crippen LogP contribution in [0, 0.1) is 0 Å². The Kier molecular flexibility index (Phi) is 6.65. The summed E-state index contributed by atoms with van der Waals surface area (Å²) in [5.74, 6) is 0.0172. The van der Waals surface area contributed by atoms with Gasteiger partial charge in [-0.25, -0.2) is 4.79 Å². The molecule has 4 heterocycles. The lowest BCUT2D eigenvalue weighted by Gasteiger charge is -2.37. The molecule has 1 unspecified atom stereocenters. The molecule has 3 fully saturated rings. The first-order chi connectivity index (χ1) is 17.3. The van der Waals surface area contributed by atoms with Gasteiger partial charge in [0.2, 0.25) is 5.95 Å². The Morgan fingerprint density at radius 3 is 2.56 bits per heavy atom. The van der Waals surface area contributed by atoms with Gasteiger partial charge in [-0.05, 0) is 61.9 Å². The molecule has 0 spiro atoms. The molecule has 0 aliphatic carbocycles. The Morgan fingerprint density at radius 2 is 1.89 bits per heavy atom. The van der Waals surface area contributed by atoms with Gasteiger partial charge in [-0.1, -0.05) is 19.1 Å². The summed E-state index contributed by atoms with van der Waals surface area (Å²) < 4.78 is 0. The average molecular weight is 494 g/mol. The lowest BCUT2D eigenvalue weighted by molar-refractivity contribution is 0.0995. The number of anilines is 3. The van der Waals surface area contributed by atoms with Gasteiger partial charge in [0.1, 0.15) is 0 Å². The largest absolute Gasteiger partial charge is 0.364 e. The minimum absolute atomic E-state index is 0.00181. The van der Waals surface area contributed by atoms with Crippen LogP contribution in [0.15, 0.2) is 24.3 Å². The number of aromatic nitrogens is 3. The van der Waals surface area contributed by atoms with Gasteiger partial charge in [-0.15, -0.1) is 10.2 Å². The highest BCUT2D eigenvalue weighted by molar-refractivity contribution is 5.96. The monoisotopic (exact) mass is 493 g/mol. The molecule has 11 heteroatoms. The second kappa shape index (κ2) is 9.88. The van der Waals surface area contributed by atoms with Gasteiger partial charge in [0.25, 0.3) is 5.91 Å². The van der Waals surface area contributed by atoms with Gasteiger partial charge in [0, 0.05) is 38.9 Å². The molecule has 3 aliphatic rings. The maximum absolute atomic E-state index is 12.5. The van der Waals surface area contributed by atoms with Crippen molar-refractivity contribution in [3.63, 3.8) is 0 Å². The number of rotatable bonds is 6. The van der Waals surface area contributed by atoms with Crippen LogP contribution >= 0.6 is 0 Å². The van der Waals surface area contributed by atoms with Crippen molar-refractivity contribution in [3.8, 4) is 0 Å². The van der Waals surface area contributed by atoms with E-state index in [1.807, 2.05) is 29.0 Å². The molecule has 1 aromatic carbocycles. The van der Waals surface area contributed by atoms with Gasteiger partial charge in [-0.3, -0.25) is 4.79 Å². The van der Waals surface area contributed by atoms with E-state index in [0.717, 1.165) is 64.1 Å². The first-order valence-electron chi connectivity index (χ1n) is 12.7. The number of carbonyl (C=O) groups is 2. The average Bonchev–Trinajstić information content (AvgIpc) is 3.22. The highest BCUT2D eigenvalue weighted by Gasteiger charge is 2.35. The number of carbonyl (C=O) groups excluding carboxylic acids is 2. The minimum Gasteiger partial charge on any atom is -0.364 e. The Hall–Kier alpha value is -3.47. The predicted octanol–water partition coefficient (Wildman–Crippen LogP) is 1.69. The van der Waals surface area contributed by atoms with Crippen LogP contribution in [0.3, 0.4) is 0 Å². The highest BCUT2D eigenvalue weighted by atomic mass is 16.2. The van der Waals surface area contributed by atoms with E-state index >= 15 is 0 Å². The lowest BCUT2D eigenvalue weighted by Crippen LogP contribution is -2.49. The second-order valence-corrected chi connectivity index (χ2v) is 10.3. The van der Waals surface area contributed by atoms with Gasteiger partial charge in [0.15, 0.2) is 11.5 Å². The predicted molar refractivity (Wildman–Crippen MR) is 137 cm³/mol. The normalized spacial score (nSPS) is 22.1. The Morgan fingerprint density at radius 1 is 1.14 bits per heavy atom. The van der Waals surface area contributed by atoms with E-state index in [1.165, 1.54) is 5.56 Å². The molecule has 3 amide bonds. The summed E-state index contributed by atoms with van der Waals surface area (Å²) in [6, 6.07) is 8.42. The first kappa shape index (κ1) is 24.2. The molecule has 36 heavy (non-hydrogen) atoms. The molecule has 2 aromatic rings. The molecule has 3 aliphatic heterocycles. The summed E-state index contributed by atoms with van der Waals surface area (Å²) in [5, 5.41) is 15.0. The Labute approximate surface area is 211 Å². The molecular weight excluding hydrogens is 458 g/mol. The molecule has 4 N–H and O–H groups in total. The quantitative estimate of drug-likeness (QED) is 0.554. The van der Waals surface area contributed by atoms with E-state index in [-0.39, 0.29) is 29.0 Å². The van der Waals surface area contributed by atoms with Crippen molar-refractivity contribution in [1.29, 1.82) is 0 Å². The van der Waals surface area contributed by atoms with Gasteiger partial charge >= 0.3 is 6.03 Å². The number of urea groups is 1. The summed E-state index contributed by atoms with van der Waals surface area (Å²) in [4.78, 5) is 34.9. The third kappa shape index (κ3) is 4.79. The number of nitrogens with zero attached hydrogens (tertiary/aromatic N) is 6.